The highest BCUT2D eigenvalue weighted by Crippen LogP contribution is 2.23. The average molecular weight is 137 g/mol. The topological polar surface area (TPSA) is 12.0 Å². The zero-order valence-electron chi connectivity index (χ0n) is 6.98. The Bertz CT molecular complexity index is 106. The molecule has 10 heavy (non-hydrogen) atoms. The van der Waals surface area contributed by atoms with Crippen LogP contribution in [0.25, 0.3) is 0 Å². The maximum atomic E-state index is 6.09. The summed E-state index contributed by atoms with van der Waals surface area (Å²) < 4.78 is 0. The average Bonchev–Trinajstić information content (AvgIpc) is 1.89. The van der Waals surface area contributed by atoms with Crippen molar-refractivity contribution in [1.29, 1.82) is 0 Å². The number of hydrogen-bond donors (Lipinski definition) is 1. The molecule has 1 fully saturated rings. The van der Waals surface area contributed by atoms with Crippen molar-refractivity contribution in [2.75, 3.05) is 6.54 Å². The van der Waals surface area contributed by atoms with Gasteiger partial charge in [-0.3, -0.25) is 0 Å². The fraction of sp³-hybridized carbons (Fsp3) is 1.00. The zero-order chi connectivity index (χ0) is 7.61. The first-order chi connectivity index (χ1) is 4.65. The molecule has 1 unspecified atom stereocenters. The van der Waals surface area contributed by atoms with Crippen LogP contribution in [0.5, 0.6) is 0 Å². The molecular formula is C8H16BN. The van der Waals surface area contributed by atoms with E-state index < -0.39 is 0 Å². The molecule has 1 N–H and O–H groups in total. The summed E-state index contributed by atoms with van der Waals surface area (Å²) in [5.41, 5.74) is -0.0712. The smallest absolute Gasteiger partial charge is 0.0957 e. The van der Waals surface area contributed by atoms with Crippen LogP contribution in [0.3, 0.4) is 0 Å². The Morgan fingerprint density at radius 3 is 2.40 bits per heavy atom. The first kappa shape index (κ1) is 8.12. The van der Waals surface area contributed by atoms with E-state index in [0.717, 1.165) is 13.0 Å². The van der Waals surface area contributed by atoms with E-state index in [9.17, 15) is 0 Å². The Morgan fingerprint density at radius 2 is 2.10 bits per heavy atom. The monoisotopic (exact) mass is 137 g/mol. The van der Waals surface area contributed by atoms with Crippen molar-refractivity contribution in [3.63, 3.8) is 0 Å². The summed E-state index contributed by atoms with van der Waals surface area (Å²) in [6.45, 7) is 5.45. The molecule has 1 heterocycles. The highest BCUT2D eigenvalue weighted by atomic mass is 15.0. The molecular weight excluding hydrogens is 121 g/mol. The first-order valence-electron chi connectivity index (χ1n) is 4.19. The number of hydrogen-bond acceptors (Lipinski definition) is 1. The molecule has 0 aromatic rings. The van der Waals surface area contributed by atoms with Gasteiger partial charge in [0.1, 0.15) is 0 Å². The molecule has 0 bridgehead atoms. The lowest BCUT2D eigenvalue weighted by Gasteiger charge is -2.39. The summed E-state index contributed by atoms with van der Waals surface area (Å²) in [4.78, 5) is 0. The second kappa shape index (κ2) is 2.95. The van der Waals surface area contributed by atoms with Gasteiger partial charge >= 0.3 is 0 Å². The molecule has 2 heteroatoms. The van der Waals surface area contributed by atoms with E-state index in [2.05, 4.69) is 19.2 Å². The van der Waals surface area contributed by atoms with Gasteiger partial charge in [0.15, 0.2) is 0 Å². The van der Waals surface area contributed by atoms with Crippen LogP contribution in [0.2, 0.25) is 0 Å². The fourth-order valence-corrected chi connectivity index (χ4v) is 1.44. The van der Waals surface area contributed by atoms with E-state index in [-0.39, 0.29) is 5.44 Å². The largest absolute Gasteiger partial charge is 0.319 e. The minimum absolute atomic E-state index is 0.0712. The van der Waals surface area contributed by atoms with Crippen molar-refractivity contribution in [2.45, 2.75) is 38.5 Å². The Labute approximate surface area is 65.0 Å². The quantitative estimate of drug-likeness (QED) is 0.537. The molecule has 0 saturated carbocycles. The van der Waals surface area contributed by atoms with Crippen LogP contribution in [-0.4, -0.2) is 19.8 Å². The predicted molar refractivity (Wildman–Crippen MR) is 45.2 cm³/mol. The summed E-state index contributed by atoms with van der Waals surface area (Å²) in [7, 11) is 6.09. The van der Waals surface area contributed by atoms with E-state index in [0.29, 0.717) is 5.92 Å². The number of rotatable bonds is 1. The van der Waals surface area contributed by atoms with Gasteiger partial charge in [0.05, 0.1) is 7.85 Å². The van der Waals surface area contributed by atoms with Gasteiger partial charge in [-0.15, -0.1) is 0 Å². The Kier molecular flexibility index (Phi) is 2.40. The molecule has 1 aliphatic heterocycles. The molecule has 1 rings (SSSR count). The molecule has 1 nitrogen and oxygen atoms in total. The molecule has 2 radical (unpaired) electrons. The third-order valence-electron chi connectivity index (χ3n) is 2.50. The van der Waals surface area contributed by atoms with Gasteiger partial charge in [-0.05, 0) is 30.7 Å². The van der Waals surface area contributed by atoms with Crippen LogP contribution in [0.15, 0.2) is 0 Å². The Hall–Kier alpha value is 0.0249. The SMILES string of the molecule is [B]C1(C(C)C)CCCCN1. The standard InChI is InChI=1S/C8H16BN/c1-7(2)8(9)5-3-4-6-10-8/h7,10H,3-6H2,1-2H3. The summed E-state index contributed by atoms with van der Waals surface area (Å²) in [6.07, 6.45) is 3.69. The van der Waals surface area contributed by atoms with Crippen molar-refractivity contribution in [3.8, 4) is 0 Å². The summed E-state index contributed by atoms with van der Waals surface area (Å²) in [5.74, 6) is 0.549. The van der Waals surface area contributed by atoms with Gasteiger partial charge in [0.2, 0.25) is 0 Å². The molecule has 0 aliphatic carbocycles. The van der Waals surface area contributed by atoms with Gasteiger partial charge in [-0.2, -0.15) is 0 Å². The zero-order valence-corrected chi connectivity index (χ0v) is 6.98. The lowest BCUT2D eigenvalue weighted by molar-refractivity contribution is 0.280. The van der Waals surface area contributed by atoms with E-state index in [1.165, 1.54) is 12.8 Å². The fourth-order valence-electron chi connectivity index (χ4n) is 1.44. The third-order valence-corrected chi connectivity index (χ3v) is 2.50. The van der Waals surface area contributed by atoms with Crippen molar-refractivity contribution < 1.29 is 0 Å². The van der Waals surface area contributed by atoms with Crippen molar-refractivity contribution in [1.82, 2.24) is 5.32 Å². The minimum Gasteiger partial charge on any atom is -0.319 e. The molecule has 0 amide bonds. The highest BCUT2D eigenvalue weighted by molar-refractivity contribution is 6.15. The van der Waals surface area contributed by atoms with Crippen molar-refractivity contribution in [2.24, 2.45) is 5.92 Å². The van der Waals surface area contributed by atoms with Crippen LogP contribution < -0.4 is 5.32 Å². The number of piperidine rings is 1. The molecule has 0 aromatic carbocycles. The van der Waals surface area contributed by atoms with Gasteiger partial charge in [0.25, 0.3) is 0 Å². The van der Waals surface area contributed by atoms with Gasteiger partial charge in [-0.1, -0.05) is 20.3 Å². The van der Waals surface area contributed by atoms with Crippen molar-refractivity contribution in [3.05, 3.63) is 0 Å². The third kappa shape index (κ3) is 1.54. The minimum atomic E-state index is -0.0712. The summed E-state index contributed by atoms with van der Waals surface area (Å²) >= 11 is 0. The molecule has 0 spiro atoms. The maximum absolute atomic E-state index is 6.09. The Morgan fingerprint density at radius 1 is 1.40 bits per heavy atom. The maximum Gasteiger partial charge on any atom is 0.0957 e. The van der Waals surface area contributed by atoms with Gasteiger partial charge < -0.3 is 5.32 Å². The van der Waals surface area contributed by atoms with E-state index >= 15 is 0 Å². The molecule has 1 aliphatic rings. The molecule has 1 atom stereocenters. The highest BCUT2D eigenvalue weighted by Gasteiger charge is 2.28. The molecule has 1 saturated heterocycles. The predicted octanol–water partition coefficient (Wildman–Crippen LogP) is 1.28. The van der Waals surface area contributed by atoms with E-state index in [4.69, 9.17) is 7.85 Å². The summed E-state index contributed by atoms with van der Waals surface area (Å²) in [6, 6.07) is 0. The number of nitrogens with one attached hydrogen (secondary N) is 1. The molecule has 0 aromatic heterocycles. The van der Waals surface area contributed by atoms with Crippen molar-refractivity contribution >= 4 is 7.85 Å². The van der Waals surface area contributed by atoms with Crippen LogP contribution in [0.4, 0.5) is 0 Å². The second-order valence-electron chi connectivity index (χ2n) is 3.58. The lowest BCUT2D eigenvalue weighted by atomic mass is 9.65. The first-order valence-corrected chi connectivity index (χ1v) is 4.19. The van der Waals surface area contributed by atoms with Crippen LogP contribution in [-0.2, 0) is 0 Å². The summed E-state index contributed by atoms with van der Waals surface area (Å²) in [5, 5.41) is 3.37. The van der Waals surface area contributed by atoms with E-state index in [1.54, 1.807) is 0 Å². The Balaban J connectivity index is 2.48. The van der Waals surface area contributed by atoms with E-state index in [1.807, 2.05) is 0 Å². The van der Waals surface area contributed by atoms with Gasteiger partial charge in [0, 0.05) is 0 Å². The van der Waals surface area contributed by atoms with Crippen LogP contribution >= 0.6 is 0 Å². The lowest BCUT2D eigenvalue weighted by Crippen LogP contribution is -2.52. The van der Waals surface area contributed by atoms with Gasteiger partial charge in [-0.25, -0.2) is 0 Å². The normalized spacial score (nSPS) is 34.7. The molecule has 56 valence electrons. The van der Waals surface area contributed by atoms with Crippen LogP contribution in [0.1, 0.15) is 33.1 Å². The second-order valence-corrected chi connectivity index (χ2v) is 3.58. The van der Waals surface area contributed by atoms with Crippen LogP contribution in [0, 0.1) is 5.92 Å².